The molecule has 2 amide bonds. The quantitative estimate of drug-likeness (QED) is 0.717. The van der Waals surface area contributed by atoms with Gasteiger partial charge in [-0.2, -0.15) is 0 Å². The third-order valence-electron chi connectivity index (χ3n) is 3.77. The lowest BCUT2D eigenvalue weighted by Crippen LogP contribution is -2.42. The molecule has 8 nitrogen and oxygen atoms in total. The van der Waals surface area contributed by atoms with E-state index in [4.69, 9.17) is 18.9 Å². The molecular formula is C19H22N2O6. The zero-order valence-corrected chi connectivity index (χ0v) is 15.6. The van der Waals surface area contributed by atoms with Crippen LogP contribution in [0.3, 0.4) is 0 Å². The molecule has 0 aliphatic rings. The SMILES string of the molecule is COc1ccc(CC(=O)NNC(=O)c2cc(OC)c(OC)c(OC)c2)cc1. The van der Waals surface area contributed by atoms with Gasteiger partial charge in [0.25, 0.3) is 5.91 Å². The Bertz CT molecular complexity index is 779. The van der Waals surface area contributed by atoms with Gasteiger partial charge in [0.15, 0.2) is 11.5 Å². The lowest BCUT2D eigenvalue weighted by atomic mass is 10.1. The second-order valence-corrected chi connectivity index (χ2v) is 5.44. The highest BCUT2D eigenvalue weighted by molar-refractivity contribution is 5.96. The van der Waals surface area contributed by atoms with Crippen molar-refractivity contribution in [3.8, 4) is 23.0 Å². The van der Waals surface area contributed by atoms with Crippen LogP contribution in [0.25, 0.3) is 0 Å². The van der Waals surface area contributed by atoms with Gasteiger partial charge in [0.1, 0.15) is 5.75 Å². The van der Waals surface area contributed by atoms with Crippen LogP contribution in [0.1, 0.15) is 15.9 Å². The minimum atomic E-state index is -0.516. The number of carbonyl (C=O) groups is 2. The summed E-state index contributed by atoms with van der Waals surface area (Å²) in [5.41, 5.74) is 5.78. The van der Waals surface area contributed by atoms with Gasteiger partial charge in [-0.05, 0) is 29.8 Å². The summed E-state index contributed by atoms with van der Waals surface area (Å²) in [4.78, 5) is 24.3. The van der Waals surface area contributed by atoms with Crippen molar-refractivity contribution in [2.24, 2.45) is 0 Å². The van der Waals surface area contributed by atoms with Crippen LogP contribution in [0.2, 0.25) is 0 Å². The lowest BCUT2D eigenvalue weighted by Gasteiger charge is -2.14. The maximum Gasteiger partial charge on any atom is 0.269 e. The number of carbonyl (C=O) groups excluding carboxylic acids is 2. The van der Waals surface area contributed by atoms with Crippen LogP contribution in [0.15, 0.2) is 36.4 Å². The van der Waals surface area contributed by atoms with Crippen molar-refractivity contribution in [2.75, 3.05) is 28.4 Å². The number of ether oxygens (including phenoxy) is 4. The molecule has 144 valence electrons. The van der Waals surface area contributed by atoms with Gasteiger partial charge in [-0.3, -0.25) is 20.4 Å². The van der Waals surface area contributed by atoms with E-state index in [9.17, 15) is 9.59 Å². The van der Waals surface area contributed by atoms with Gasteiger partial charge in [0.2, 0.25) is 11.7 Å². The van der Waals surface area contributed by atoms with E-state index >= 15 is 0 Å². The Labute approximate surface area is 157 Å². The summed E-state index contributed by atoms with van der Waals surface area (Å²) >= 11 is 0. The van der Waals surface area contributed by atoms with Crippen molar-refractivity contribution in [3.63, 3.8) is 0 Å². The Morgan fingerprint density at radius 2 is 1.41 bits per heavy atom. The number of amides is 2. The van der Waals surface area contributed by atoms with Crippen LogP contribution in [0.5, 0.6) is 23.0 Å². The van der Waals surface area contributed by atoms with Gasteiger partial charge in [-0.15, -0.1) is 0 Å². The molecule has 2 N–H and O–H groups in total. The van der Waals surface area contributed by atoms with Crippen LogP contribution in [-0.2, 0) is 11.2 Å². The van der Waals surface area contributed by atoms with E-state index in [0.29, 0.717) is 23.0 Å². The van der Waals surface area contributed by atoms with Gasteiger partial charge in [-0.1, -0.05) is 12.1 Å². The summed E-state index contributed by atoms with van der Waals surface area (Å²) in [7, 11) is 5.95. The largest absolute Gasteiger partial charge is 0.497 e. The fraction of sp³-hybridized carbons (Fsp3) is 0.263. The molecule has 0 heterocycles. The van der Waals surface area contributed by atoms with Crippen LogP contribution in [0, 0.1) is 0 Å². The van der Waals surface area contributed by atoms with Gasteiger partial charge in [-0.25, -0.2) is 0 Å². The summed E-state index contributed by atoms with van der Waals surface area (Å²) in [6.07, 6.45) is 0.111. The Hall–Kier alpha value is -3.42. The van der Waals surface area contributed by atoms with E-state index < -0.39 is 5.91 Å². The summed E-state index contributed by atoms with van der Waals surface area (Å²) in [5, 5.41) is 0. The molecule has 8 heteroatoms. The minimum absolute atomic E-state index is 0.111. The molecule has 0 spiro atoms. The van der Waals surface area contributed by atoms with Crippen LogP contribution >= 0.6 is 0 Å². The van der Waals surface area contributed by atoms with Crippen molar-refractivity contribution in [3.05, 3.63) is 47.5 Å². The molecule has 2 rings (SSSR count). The molecule has 0 aromatic heterocycles. The standard InChI is InChI=1S/C19H22N2O6/c1-24-14-7-5-12(6-8-14)9-17(22)20-21-19(23)13-10-15(25-2)18(27-4)16(11-13)26-3/h5-8,10-11H,9H2,1-4H3,(H,20,22)(H,21,23). The monoisotopic (exact) mass is 374 g/mol. The molecule has 27 heavy (non-hydrogen) atoms. The molecule has 2 aromatic carbocycles. The van der Waals surface area contributed by atoms with E-state index in [1.807, 2.05) is 0 Å². The average molecular weight is 374 g/mol. The van der Waals surface area contributed by atoms with E-state index in [1.54, 1.807) is 31.4 Å². The minimum Gasteiger partial charge on any atom is -0.497 e. The van der Waals surface area contributed by atoms with Crippen LogP contribution in [-0.4, -0.2) is 40.3 Å². The smallest absolute Gasteiger partial charge is 0.269 e. The number of hydrazine groups is 1. The summed E-state index contributed by atoms with van der Waals surface area (Å²) in [6, 6.07) is 10.1. The molecular weight excluding hydrogens is 352 g/mol. The molecule has 0 saturated heterocycles. The zero-order chi connectivity index (χ0) is 19.8. The molecule has 0 saturated carbocycles. The molecule has 0 fully saturated rings. The number of nitrogens with one attached hydrogen (secondary N) is 2. The zero-order valence-electron chi connectivity index (χ0n) is 15.6. The Morgan fingerprint density at radius 1 is 0.815 bits per heavy atom. The van der Waals surface area contributed by atoms with E-state index in [1.165, 1.54) is 33.5 Å². The Kier molecular flexibility index (Phi) is 6.87. The summed E-state index contributed by atoms with van der Waals surface area (Å²) < 4.78 is 20.7. The number of rotatable bonds is 7. The first kappa shape index (κ1) is 19.9. The predicted octanol–water partition coefficient (Wildman–Crippen LogP) is 1.72. The number of benzene rings is 2. The van der Waals surface area contributed by atoms with Gasteiger partial charge >= 0.3 is 0 Å². The first-order chi connectivity index (χ1) is 13.0. The molecule has 0 aliphatic carbocycles. The summed E-state index contributed by atoms with van der Waals surface area (Å²) in [6.45, 7) is 0. The van der Waals surface area contributed by atoms with E-state index in [2.05, 4.69) is 10.9 Å². The van der Waals surface area contributed by atoms with Crippen molar-refractivity contribution >= 4 is 11.8 Å². The average Bonchev–Trinajstić information content (AvgIpc) is 2.71. The van der Waals surface area contributed by atoms with Crippen LogP contribution < -0.4 is 29.8 Å². The third kappa shape index (κ3) is 5.04. The first-order valence-corrected chi connectivity index (χ1v) is 8.04. The fourth-order valence-electron chi connectivity index (χ4n) is 2.38. The van der Waals surface area contributed by atoms with Gasteiger partial charge < -0.3 is 18.9 Å². The molecule has 0 unspecified atom stereocenters. The normalized spacial score (nSPS) is 9.93. The highest BCUT2D eigenvalue weighted by Crippen LogP contribution is 2.38. The van der Waals surface area contributed by atoms with E-state index in [-0.39, 0.29) is 17.9 Å². The van der Waals surface area contributed by atoms with Crippen molar-refractivity contribution < 1.29 is 28.5 Å². The van der Waals surface area contributed by atoms with Crippen molar-refractivity contribution in [2.45, 2.75) is 6.42 Å². The molecule has 2 aromatic rings. The maximum absolute atomic E-state index is 12.3. The maximum atomic E-state index is 12.3. The second kappa shape index (κ2) is 9.33. The predicted molar refractivity (Wildman–Crippen MR) is 98.4 cm³/mol. The topological polar surface area (TPSA) is 95.1 Å². The number of hydrogen-bond acceptors (Lipinski definition) is 6. The molecule has 0 atom stereocenters. The van der Waals surface area contributed by atoms with Crippen molar-refractivity contribution in [1.82, 2.24) is 10.9 Å². The van der Waals surface area contributed by atoms with Crippen molar-refractivity contribution in [1.29, 1.82) is 0 Å². The Balaban J connectivity index is 2.01. The number of methoxy groups -OCH3 is 4. The highest BCUT2D eigenvalue weighted by Gasteiger charge is 2.17. The molecule has 0 bridgehead atoms. The van der Waals surface area contributed by atoms with Gasteiger partial charge in [0.05, 0.1) is 34.9 Å². The van der Waals surface area contributed by atoms with Crippen LogP contribution in [0.4, 0.5) is 0 Å². The van der Waals surface area contributed by atoms with Gasteiger partial charge in [0, 0.05) is 5.56 Å². The first-order valence-electron chi connectivity index (χ1n) is 8.04. The fourth-order valence-corrected chi connectivity index (χ4v) is 2.38. The van der Waals surface area contributed by atoms with E-state index in [0.717, 1.165) is 5.56 Å². The Morgan fingerprint density at radius 3 is 1.89 bits per heavy atom. The highest BCUT2D eigenvalue weighted by atomic mass is 16.5. The lowest BCUT2D eigenvalue weighted by molar-refractivity contribution is -0.121. The molecule has 0 aliphatic heterocycles. The number of hydrogen-bond donors (Lipinski definition) is 2. The second-order valence-electron chi connectivity index (χ2n) is 5.44. The molecule has 0 radical (unpaired) electrons. The third-order valence-corrected chi connectivity index (χ3v) is 3.77. The summed E-state index contributed by atoms with van der Waals surface area (Å²) in [5.74, 6) is 0.881.